The third-order valence-corrected chi connectivity index (χ3v) is 5.47. The Morgan fingerprint density at radius 3 is 2.80 bits per heavy atom. The van der Waals surface area contributed by atoms with Crippen LogP contribution < -0.4 is 11.1 Å². The van der Waals surface area contributed by atoms with Crippen molar-refractivity contribution in [3.8, 4) is 0 Å². The SMILES string of the molecule is CCCCS(=O)(=O)N1CCCC1C(=O)NCCC(C)N. The van der Waals surface area contributed by atoms with Crippen LogP contribution in [0.25, 0.3) is 0 Å². The van der Waals surface area contributed by atoms with Crippen LogP contribution in [0.5, 0.6) is 0 Å². The lowest BCUT2D eigenvalue weighted by Crippen LogP contribution is -2.47. The van der Waals surface area contributed by atoms with Gasteiger partial charge in [-0.1, -0.05) is 13.3 Å². The molecular weight excluding hydrogens is 278 g/mol. The molecule has 1 fully saturated rings. The Hall–Kier alpha value is -0.660. The quantitative estimate of drug-likeness (QED) is 0.680. The van der Waals surface area contributed by atoms with Gasteiger partial charge in [-0.25, -0.2) is 8.42 Å². The van der Waals surface area contributed by atoms with Gasteiger partial charge < -0.3 is 11.1 Å². The van der Waals surface area contributed by atoms with Crippen LogP contribution in [0.3, 0.4) is 0 Å². The summed E-state index contributed by atoms with van der Waals surface area (Å²) in [6.45, 7) is 4.79. The van der Waals surface area contributed by atoms with Crippen LogP contribution in [-0.2, 0) is 14.8 Å². The summed E-state index contributed by atoms with van der Waals surface area (Å²) in [5, 5.41) is 2.79. The van der Waals surface area contributed by atoms with Gasteiger partial charge in [0.25, 0.3) is 0 Å². The molecule has 1 heterocycles. The molecule has 6 nitrogen and oxygen atoms in total. The van der Waals surface area contributed by atoms with Crippen molar-refractivity contribution in [1.82, 2.24) is 9.62 Å². The van der Waals surface area contributed by atoms with Crippen LogP contribution in [0.4, 0.5) is 0 Å². The highest BCUT2D eigenvalue weighted by atomic mass is 32.2. The van der Waals surface area contributed by atoms with E-state index in [2.05, 4.69) is 5.32 Å². The molecule has 118 valence electrons. The van der Waals surface area contributed by atoms with Crippen LogP contribution in [0.15, 0.2) is 0 Å². The Morgan fingerprint density at radius 1 is 1.50 bits per heavy atom. The van der Waals surface area contributed by atoms with Gasteiger partial charge in [0.1, 0.15) is 6.04 Å². The number of nitrogens with two attached hydrogens (primary N) is 1. The van der Waals surface area contributed by atoms with E-state index >= 15 is 0 Å². The van der Waals surface area contributed by atoms with E-state index in [1.807, 2.05) is 13.8 Å². The van der Waals surface area contributed by atoms with E-state index in [1.165, 1.54) is 4.31 Å². The number of carbonyl (C=O) groups excluding carboxylic acids is 1. The topological polar surface area (TPSA) is 92.5 Å². The standard InChI is InChI=1S/C13H27N3O3S/c1-3-4-10-20(18,19)16-9-5-6-12(16)13(17)15-8-7-11(2)14/h11-12H,3-10,14H2,1-2H3,(H,15,17). The molecule has 0 spiro atoms. The maximum absolute atomic E-state index is 12.2. The first-order valence-electron chi connectivity index (χ1n) is 7.41. The fourth-order valence-corrected chi connectivity index (χ4v) is 4.20. The molecule has 1 rings (SSSR count). The number of nitrogens with zero attached hydrogens (tertiary/aromatic N) is 1. The summed E-state index contributed by atoms with van der Waals surface area (Å²) in [6, 6.07) is -0.506. The lowest BCUT2D eigenvalue weighted by Gasteiger charge is -2.23. The van der Waals surface area contributed by atoms with Gasteiger partial charge in [0, 0.05) is 19.1 Å². The van der Waals surface area contributed by atoms with Gasteiger partial charge in [0.05, 0.1) is 5.75 Å². The van der Waals surface area contributed by atoms with Crippen LogP contribution in [0.2, 0.25) is 0 Å². The van der Waals surface area contributed by atoms with Gasteiger partial charge in [-0.05, 0) is 32.6 Å². The van der Waals surface area contributed by atoms with Crippen LogP contribution in [-0.4, -0.2) is 49.6 Å². The van der Waals surface area contributed by atoms with E-state index < -0.39 is 16.1 Å². The number of rotatable bonds is 8. The van der Waals surface area contributed by atoms with Crippen LogP contribution in [0.1, 0.15) is 46.0 Å². The van der Waals surface area contributed by atoms with E-state index in [1.54, 1.807) is 0 Å². The summed E-state index contributed by atoms with van der Waals surface area (Å²) < 4.78 is 25.8. The molecule has 0 bridgehead atoms. The van der Waals surface area contributed by atoms with Crippen molar-refractivity contribution in [3.63, 3.8) is 0 Å². The van der Waals surface area contributed by atoms with Gasteiger partial charge in [-0.2, -0.15) is 4.31 Å². The first-order valence-corrected chi connectivity index (χ1v) is 9.02. The molecule has 0 aliphatic carbocycles. The Balaban J connectivity index is 2.58. The van der Waals surface area contributed by atoms with E-state index in [-0.39, 0.29) is 17.7 Å². The molecule has 20 heavy (non-hydrogen) atoms. The molecule has 2 atom stereocenters. The molecule has 0 aromatic heterocycles. The molecule has 1 amide bonds. The molecule has 1 aliphatic rings. The second-order valence-electron chi connectivity index (χ2n) is 5.50. The number of sulfonamides is 1. The van der Waals surface area contributed by atoms with Crippen LogP contribution in [0, 0.1) is 0 Å². The zero-order chi connectivity index (χ0) is 15.2. The van der Waals surface area contributed by atoms with Crippen molar-refractivity contribution in [3.05, 3.63) is 0 Å². The zero-order valence-corrected chi connectivity index (χ0v) is 13.3. The Bertz CT molecular complexity index is 409. The number of nitrogens with one attached hydrogen (secondary N) is 1. The third-order valence-electron chi connectivity index (χ3n) is 3.52. The van der Waals surface area contributed by atoms with Crippen molar-refractivity contribution in [2.75, 3.05) is 18.8 Å². The lowest BCUT2D eigenvalue weighted by molar-refractivity contribution is -0.124. The molecular formula is C13H27N3O3S. The van der Waals surface area contributed by atoms with Crippen molar-refractivity contribution in [1.29, 1.82) is 0 Å². The number of hydrogen-bond acceptors (Lipinski definition) is 4. The summed E-state index contributed by atoms with van der Waals surface area (Å²) in [5.74, 6) is -0.0594. The van der Waals surface area contributed by atoms with E-state index in [4.69, 9.17) is 5.73 Å². The first-order chi connectivity index (χ1) is 9.38. The molecule has 0 saturated carbocycles. The van der Waals surface area contributed by atoms with Gasteiger partial charge in [-0.15, -0.1) is 0 Å². The highest BCUT2D eigenvalue weighted by Gasteiger charge is 2.37. The maximum Gasteiger partial charge on any atom is 0.238 e. The number of amides is 1. The molecule has 7 heteroatoms. The average Bonchev–Trinajstić information content (AvgIpc) is 2.86. The first kappa shape index (κ1) is 17.4. The predicted molar refractivity (Wildman–Crippen MR) is 79.7 cm³/mol. The minimum absolute atomic E-state index is 0.0308. The lowest BCUT2D eigenvalue weighted by atomic mass is 10.2. The van der Waals surface area contributed by atoms with Gasteiger partial charge >= 0.3 is 0 Å². The summed E-state index contributed by atoms with van der Waals surface area (Å²) in [7, 11) is -3.31. The Morgan fingerprint density at radius 2 is 2.20 bits per heavy atom. The zero-order valence-electron chi connectivity index (χ0n) is 12.5. The summed E-state index contributed by atoms with van der Waals surface area (Å²) in [4.78, 5) is 12.1. The third kappa shape index (κ3) is 5.03. The number of carbonyl (C=O) groups is 1. The average molecular weight is 305 g/mol. The smallest absolute Gasteiger partial charge is 0.238 e. The normalized spacial score (nSPS) is 21.9. The highest BCUT2D eigenvalue weighted by molar-refractivity contribution is 7.89. The largest absolute Gasteiger partial charge is 0.355 e. The van der Waals surface area contributed by atoms with Gasteiger partial charge in [-0.3, -0.25) is 4.79 Å². The highest BCUT2D eigenvalue weighted by Crippen LogP contribution is 2.22. The Labute approximate surface area is 122 Å². The van der Waals surface area contributed by atoms with Gasteiger partial charge in [0.15, 0.2) is 0 Å². The van der Waals surface area contributed by atoms with Crippen LogP contribution >= 0.6 is 0 Å². The molecule has 1 aliphatic heterocycles. The molecule has 0 radical (unpaired) electrons. The molecule has 3 N–H and O–H groups in total. The minimum Gasteiger partial charge on any atom is -0.355 e. The molecule has 1 saturated heterocycles. The Kier molecular flexibility index (Phi) is 6.91. The summed E-state index contributed by atoms with van der Waals surface area (Å²) >= 11 is 0. The fourth-order valence-electron chi connectivity index (χ4n) is 2.32. The summed E-state index contributed by atoms with van der Waals surface area (Å²) in [6.07, 6.45) is 3.52. The summed E-state index contributed by atoms with van der Waals surface area (Å²) in [5.41, 5.74) is 5.63. The van der Waals surface area contributed by atoms with Gasteiger partial charge in [0.2, 0.25) is 15.9 Å². The van der Waals surface area contributed by atoms with E-state index in [0.717, 1.165) is 12.8 Å². The minimum atomic E-state index is -3.31. The number of hydrogen-bond donors (Lipinski definition) is 2. The van der Waals surface area contributed by atoms with Crippen molar-refractivity contribution >= 4 is 15.9 Å². The van der Waals surface area contributed by atoms with Crippen molar-refractivity contribution in [2.24, 2.45) is 5.73 Å². The molecule has 0 aromatic carbocycles. The maximum atomic E-state index is 12.2. The second-order valence-corrected chi connectivity index (χ2v) is 7.54. The van der Waals surface area contributed by atoms with Crippen molar-refractivity contribution in [2.45, 2.75) is 58.0 Å². The molecule has 2 unspecified atom stereocenters. The molecule has 0 aromatic rings. The monoisotopic (exact) mass is 305 g/mol. The fraction of sp³-hybridized carbons (Fsp3) is 0.923. The van der Waals surface area contributed by atoms with Crippen molar-refractivity contribution < 1.29 is 13.2 Å². The van der Waals surface area contributed by atoms with E-state index in [9.17, 15) is 13.2 Å². The second kappa shape index (κ2) is 7.95. The number of unbranched alkanes of at least 4 members (excludes halogenated alkanes) is 1. The predicted octanol–water partition coefficient (Wildman–Crippen LogP) is 0.434. The van der Waals surface area contributed by atoms with E-state index in [0.29, 0.717) is 32.4 Å².